The van der Waals surface area contributed by atoms with Crippen LogP contribution in [0.2, 0.25) is 0 Å². The van der Waals surface area contributed by atoms with Crippen molar-refractivity contribution in [2.24, 2.45) is 5.41 Å². The van der Waals surface area contributed by atoms with E-state index < -0.39 is 23.2 Å². The van der Waals surface area contributed by atoms with Crippen molar-refractivity contribution in [3.05, 3.63) is 29.3 Å². The molecular formula is C17H17F3N2O2. The largest absolute Gasteiger partial charge is 0.497 e. The van der Waals surface area contributed by atoms with Gasteiger partial charge in [-0.3, -0.25) is 4.79 Å². The Labute approximate surface area is 137 Å². The van der Waals surface area contributed by atoms with Crippen LogP contribution >= 0.6 is 0 Å². The third kappa shape index (κ3) is 2.70. The average Bonchev–Trinajstić information content (AvgIpc) is 3.21. The van der Waals surface area contributed by atoms with Gasteiger partial charge in [-0.05, 0) is 49.4 Å². The lowest BCUT2D eigenvalue weighted by Crippen LogP contribution is -2.37. The zero-order valence-corrected chi connectivity index (χ0v) is 13.2. The third-order valence-electron chi connectivity index (χ3n) is 4.81. The number of rotatable bonds is 3. The van der Waals surface area contributed by atoms with Crippen molar-refractivity contribution in [3.8, 4) is 11.8 Å². The molecule has 1 saturated heterocycles. The van der Waals surface area contributed by atoms with Crippen LogP contribution < -0.4 is 4.74 Å². The molecule has 2 aliphatic rings. The van der Waals surface area contributed by atoms with E-state index in [0.29, 0.717) is 38.0 Å². The van der Waals surface area contributed by atoms with Gasteiger partial charge >= 0.3 is 6.18 Å². The number of benzene rings is 1. The summed E-state index contributed by atoms with van der Waals surface area (Å²) in [5.41, 5.74) is -1.74. The molecule has 1 aliphatic carbocycles. The Hall–Kier alpha value is -2.23. The Morgan fingerprint density at radius 3 is 2.67 bits per heavy atom. The standard InChI is InChI=1S/C17H17F3N2O2/c1-24-11-4-5-13(17(18,19)20)12(9-11)14-3-2-8-22(14)15(23)16(10-21)6-7-16/h4-5,9,14H,2-3,6-8H2,1H3. The first-order chi connectivity index (χ1) is 11.3. The number of hydrogen-bond acceptors (Lipinski definition) is 3. The molecule has 1 heterocycles. The molecule has 24 heavy (non-hydrogen) atoms. The fourth-order valence-corrected chi connectivity index (χ4v) is 3.31. The molecule has 0 radical (unpaired) electrons. The topological polar surface area (TPSA) is 53.3 Å². The van der Waals surface area contributed by atoms with Crippen LogP contribution in [0, 0.1) is 16.7 Å². The number of methoxy groups -OCH3 is 1. The summed E-state index contributed by atoms with van der Waals surface area (Å²) in [7, 11) is 1.39. The number of nitriles is 1. The highest BCUT2D eigenvalue weighted by atomic mass is 19.4. The zero-order chi connectivity index (χ0) is 17.5. The van der Waals surface area contributed by atoms with Crippen LogP contribution in [0.5, 0.6) is 5.75 Å². The Bertz CT molecular complexity index is 705. The maximum Gasteiger partial charge on any atom is 0.416 e. The maximum absolute atomic E-state index is 13.4. The SMILES string of the molecule is COc1ccc(C(F)(F)F)c(C2CCCN2C(=O)C2(C#N)CC2)c1. The lowest BCUT2D eigenvalue weighted by molar-refractivity contribution is -0.141. The van der Waals surface area contributed by atoms with E-state index >= 15 is 0 Å². The Balaban J connectivity index is 2.01. The van der Waals surface area contributed by atoms with Crippen molar-refractivity contribution >= 4 is 5.91 Å². The van der Waals surface area contributed by atoms with Crippen molar-refractivity contribution in [2.75, 3.05) is 13.7 Å². The smallest absolute Gasteiger partial charge is 0.416 e. The van der Waals surface area contributed by atoms with Crippen molar-refractivity contribution in [3.63, 3.8) is 0 Å². The van der Waals surface area contributed by atoms with Gasteiger partial charge in [0.1, 0.15) is 11.2 Å². The highest BCUT2D eigenvalue weighted by Crippen LogP contribution is 2.50. The summed E-state index contributed by atoms with van der Waals surface area (Å²) in [6.07, 6.45) is -2.48. The van der Waals surface area contributed by atoms with E-state index in [9.17, 15) is 23.2 Å². The molecule has 0 bridgehead atoms. The molecule has 1 unspecified atom stereocenters. The molecule has 2 fully saturated rings. The van der Waals surface area contributed by atoms with Gasteiger partial charge in [0.25, 0.3) is 0 Å². The van der Waals surface area contributed by atoms with E-state index in [0.717, 1.165) is 6.07 Å². The fraction of sp³-hybridized carbons (Fsp3) is 0.529. The minimum atomic E-state index is -4.51. The highest BCUT2D eigenvalue weighted by Gasteiger charge is 2.54. The minimum absolute atomic E-state index is 0.0430. The molecule has 1 aliphatic heterocycles. The van der Waals surface area contributed by atoms with Gasteiger partial charge in [-0.2, -0.15) is 18.4 Å². The molecule has 128 valence electrons. The van der Waals surface area contributed by atoms with E-state index in [1.54, 1.807) is 0 Å². The monoisotopic (exact) mass is 338 g/mol. The summed E-state index contributed by atoms with van der Waals surface area (Å²) >= 11 is 0. The first-order valence-electron chi connectivity index (χ1n) is 7.80. The number of carbonyl (C=O) groups excluding carboxylic acids is 1. The Kier molecular flexibility index (Phi) is 3.94. The molecule has 0 spiro atoms. The number of carbonyl (C=O) groups is 1. The number of hydrogen-bond donors (Lipinski definition) is 0. The van der Waals surface area contributed by atoms with Gasteiger partial charge in [-0.25, -0.2) is 0 Å². The number of ether oxygens (including phenoxy) is 1. The van der Waals surface area contributed by atoms with Gasteiger partial charge in [0.05, 0.1) is 24.8 Å². The second-order valence-corrected chi connectivity index (χ2v) is 6.30. The van der Waals surface area contributed by atoms with Crippen LogP contribution in [0.4, 0.5) is 13.2 Å². The van der Waals surface area contributed by atoms with Crippen molar-refractivity contribution in [1.82, 2.24) is 4.90 Å². The summed E-state index contributed by atoms with van der Waals surface area (Å²) in [4.78, 5) is 14.1. The molecule has 1 amide bonds. The first kappa shape index (κ1) is 16.6. The van der Waals surface area contributed by atoms with Crippen molar-refractivity contribution in [1.29, 1.82) is 5.26 Å². The fourth-order valence-electron chi connectivity index (χ4n) is 3.31. The van der Waals surface area contributed by atoms with Crippen LogP contribution in [0.25, 0.3) is 0 Å². The average molecular weight is 338 g/mol. The molecule has 7 heteroatoms. The number of alkyl halides is 3. The van der Waals surface area contributed by atoms with Crippen LogP contribution in [0.15, 0.2) is 18.2 Å². The van der Waals surface area contributed by atoms with Crippen molar-refractivity contribution in [2.45, 2.75) is 37.9 Å². The summed E-state index contributed by atoms with van der Waals surface area (Å²) in [5.74, 6) is -0.0258. The summed E-state index contributed by atoms with van der Waals surface area (Å²) in [6, 6.07) is 4.97. The quantitative estimate of drug-likeness (QED) is 0.845. The van der Waals surface area contributed by atoms with E-state index in [-0.39, 0.29) is 11.5 Å². The summed E-state index contributed by atoms with van der Waals surface area (Å²) < 4.78 is 45.2. The first-order valence-corrected chi connectivity index (χ1v) is 7.80. The van der Waals surface area contributed by atoms with Gasteiger partial charge in [0.2, 0.25) is 5.91 Å². The molecule has 1 saturated carbocycles. The predicted octanol–water partition coefficient (Wildman–Crippen LogP) is 3.68. The molecule has 4 nitrogen and oxygen atoms in total. The normalized spacial score (nSPS) is 22.1. The van der Waals surface area contributed by atoms with E-state index in [1.165, 1.54) is 24.1 Å². The zero-order valence-electron chi connectivity index (χ0n) is 13.2. The van der Waals surface area contributed by atoms with Crippen molar-refractivity contribution < 1.29 is 22.7 Å². The maximum atomic E-state index is 13.4. The van der Waals surface area contributed by atoms with E-state index in [4.69, 9.17) is 4.74 Å². The molecule has 1 aromatic rings. The second kappa shape index (κ2) is 5.69. The van der Waals surface area contributed by atoms with Crippen LogP contribution in [0.3, 0.4) is 0 Å². The molecule has 0 aromatic heterocycles. The predicted molar refractivity (Wildman–Crippen MR) is 79.0 cm³/mol. The van der Waals surface area contributed by atoms with E-state index in [2.05, 4.69) is 0 Å². The second-order valence-electron chi connectivity index (χ2n) is 6.30. The highest BCUT2D eigenvalue weighted by molar-refractivity contribution is 5.89. The van der Waals surface area contributed by atoms with Gasteiger partial charge in [-0.15, -0.1) is 0 Å². The van der Waals surface area contributed by atoms with Crippen LogP contribution in [0.1, 0.15) is 42.9 Å². The summed E-state index contributed by atoms with van der Waals surface area (Å²) in [6.45, 7) is 0.376. The molecular weight excluding hydrogens is 321 g/mol. The number of halogens is 3. The van der Waals surface area contributed by atoms with Crippen LogP contribution in [-0.4, -0.2) is 24.5 Å². The molecule has 1 atom stereocenters. The summed E-state index contributed by atoms with van der Waals surface area (Å²) in [5, 5.41) is 9.21. The van der Waals surface area contributed by atoms with Gasteiger partial charge in [-0.1, -0.05) is 0 Å². The Morgan fingerprint density at radius 2 is 2.12 bits per heavy atom. The third-order valence-corrected chi connectivity index (χ3v) is 4.81. The van der Waals surface area contributed by atoms with E-state index in [1.807, 2.05) is 6.07 Å². The van der Waals surface area contributed by atoms with Gasteiger partial charge in [0.15, 0.2) is 0 Å². The van der Waals surface area contributed by atoms with Crippen LogP contribution in [-0.2, 0) is 11.0 Å². The molecule has 0 N–H and O–H groups in total. The molecule has 1 aromatic carbocycles. The molecule has 3 rings (SSSR count). The van der Waals surface area contributed by atoms with Gasteiger partial charge < -0.3 is 9.64 Å². The lowest BCUT2D eigenvalue weighted by Gasteiger charge is -2.29. The number of likely N-dealkylation sites (tertiary alicyclic amines) is 1. The van der Waals surface area contributed by atoms with Gasteiger partial charge in [0, 0.05) is 6.54 Å². The minimum Gasteiger partial charge on any atom is -0.497 e. The number of amides is 1. The lowest BCUT2D eigenvalue weighted by atomic mass is 9.96. The number of nitrogens with zero attached hydrogens (tertiary/aromatic N) is 2. The Morgan fingerprint density at radius 1 is 1.42 bits per heavy atom.